The van der Waals surface area contributed by atoms with Crippen LogP contribution >= 0.6 is 12.4 Å². The van der Waals surface area contributed by atoms with E-state index in [1.807, 2.05) is 18.2 Å². The number of aliphatic hydroxyl groups is 1. The molecule has 0 bridgehead atoms. The number of nitrogens with one attached hydrogen (secondary N) is 1. The van der Waals surface area contributed by atoms with Gasteiger partial charge < -0.3 is 15.2 Å². The van der Waals surface area contributed by atoms with Crippen molar-refractivity contribution in [3.63, 3.8) is 0 Å². The van der Waals surface area contributed by atoms with Gasteiger partial charge >= 0.3 is 0 Å². The van der Waals surface area contributed by atoms with E-state index in [-0.39, 0.29) is 19.0 Å². The number of rotatable bonds is 9. The van der Waals surface area contributed by atoms with E-state index >= 15 is 0 Å². The maximum atomic E-state index is 8.65. The van der Waals surface area contributed by atoms with E-state index in [0.717, 1.165) is 38.1 Å². The molecule has 1 aromatic rings. The molecule has 2 N–H and O–H groups in total. The van der Waals surface area contributed by atoms with E-state index in [0.29, 0.717) is 6.61 Å². The molecular formula is C15H22ClNO2. The molecule has 0 unspecified atom stereocenters. The minimum atomic E-state index is 0. The minimum absolute atomic E-state index is 0. The van der Waals surface area contributed by atoms with Crippen LogP contribution in [0.1, 0.15) is 24.8 Å². The minimum Gasteiger partial charge on any atom is -0.481 e. The first-order chi connectivity index (χ1) is 8.86. The lowest BCUT2D eigenvalue weighted by Gasteiger charge is -2.07. The highest BCUT2D eigenvalue weighted by Crippen LogP contribution is 2.12. The van der Waals surface area contributed by atoms with Gasteiger partial charge in [-0.05, 0) is 43.5 Å². The fraction of sp³-hybridized carbons (Fsp3) is 0.467. The van der Waals surface area contributed by atoms with Gasteiger partial charge in [0.05, 0.1) is 0 Å². The van der Waals surface area contributed by atoms with Crippen LogP contribution in [0.4, 0.5) is 0 Å². The number of benzene rings is 1. The summed E-state index contributed by atoms with van der Waals surface area (Å²) in [5, 5.41) is 12.0. The monoisotopic (exact) mass is 283 g/mol. The number of ether oxygens (including phenoxy) is 1. The van der Waals surface area contributed by atoms with Crippen LogP contribution in [-0.2, 0) is 6.54 Å². The zero-order valence-electron chi connectivity index (χ0n) is 11.1. The highest BCUT2D eigenvalue weighted by atomic mass is 35.5. The van der Waals surface area contributed by atoms with Gasteiger partial charge in [-0.15, -0.1) is 18.8 Å². The molecule has 0 atom stereocenters. The summed E-state index contributed by atoms with van der Waals surface area (Å²) in [7, 11) is 0. The van der Waals surface area contributed by atoms with Gasteiger partial charge in [0.25, 0.3) is 0 Å². The number of aliphatic hydroxyl groups excluding tert-OH is 1. The van der Waals surface area contributed by atoms with Gasteiger partial charge in [0.1, 0.15) is 12.4 Å². The second kappa shape index (κ2) is 11.9. The number of unbranched alkanes of at least 4 members (excludes halogenated alkanes) is 2. The molecule has 1 aromatic carbocycles. The molecule has 0 spiro atoms. The van der Waals surface area contributed by atoms with Crippen LogP contribution in [0.5, 0.6) is 5.75 Å². The quantitative estimate of drug-likeness (QED) is 0.540. The Morgan fingerprint density at radius 3 is 2.84 bits per heavy atom. The molecule has 0 aliphatic carbocycles. The van der Waals surface area contributed by atoms with Gasteiger partial charge in [-0.1, -0.05) is 18.1 Å². The third-order valence-electron chi connectivity index (χ3n) is 2.56. The standard InChI is InChI=1S/C15H21NO2.ClH/c1-2-11-18-15-8-6-7-14(12-15)13-16-9-4-3-5-10-17;/h1,6-8,12,16-17H,3-5,9-11,13H2;1H. The van der Waals surface area contributed by atoms with Crippen LogP contribution < -0.4 is 10.1 Å². The first-order valence-corrected chi connectivity index (χ1v) is 6.33. The van der Waals surface area contributed by atoms with Crippen LogP contribution in [0.25, 0.3) is 0 Å². The lowest BCUT2D eigenvalue weighted by molar-refractivity contribution is 0.283. The Bertz CT molecular complexity index is 377. The van der Waals surface area contributed by atoms with Crippen molar-refractivity contribution in [2.24, 2.45) is 0 Å². The summed E-state index contributed by atoms with van der Waals surface area (Å²) in [5.74, 6) is 3.26. The summed E-state index contributed by atoms with van der Waals surface area (Å²) in [4.78, 5) is 0. The number of hydrogen-bond donors (Lipinski definition) is 2. The highest BCUT2D eigenvalue weighted by Gasteiger charge is 1.96. The van der Waals surface area contributed by atoms with Gasteiger partial charge in [0, 0.05) is 13.2 Å². The lowest BCUT2D eigenvalue weighted by atomic mass is 10.2. The van der Waals surface area contributed by atoms with Gasteiger partial charge in [0.2, 0.25) is 0 Å². The average Bonchev–Trinajstić information content (AvgIpc) is 2.41. The number of terminal acetylenes is 1. The second-order valence-electron chi connectivity index (χ2n) is 4.10. The summed E-state index contributed by atoms with van der Waals surface area (Å²) < 4.78 is 5.36. The molecule has 0 fully saturated rings. The van der Waals surface area contributed by atoms with Crippen LogP contribution in [0.3, 0.4) is 0 Å². The Morgan fingerprint density at radius 1 is 1.26 bits per heavy atom. The molecule has 4 heteroatoms. The van der Waals surface area contributed by atoms with Crippen molar-refractivity contribution in [2.45, 2.75) is 25.8 Å². The Labute approximate surface area is 121 Å². The largest absolute Gasteiger partial charge is 0.481 e. The summed E-state index contributed by atoms with van der Waals surface area (Å²) in [6, 6.07) is 7.93. The molecule has 3 nitrogen and oxygen atoms in total. The molecule has 0 amide bonds. The third kappa shape index (κ3) is 8.50. The van der Waals surface area contributed by atoms with E-state index < -0.39 is 0 Å². The molecule has 0 aliphatic heterocycles. The Kier molecular flexibility index (Phi) is 11.1. The zero-order chi connectivity index (χ0) is 13.1. The number of halogens is 1. The van der Waals surface area contributed by atoms with Gasteiger partial charge in [0.15, 0.2) is 0 Å². The maximum absolute atomic E-state index is 8.65. The van der Waals surface area contributed by atoms with E-state index in [9.17, 15) is 0 Å². The smallest absolute Gasteiger partial charge is 0.148 e. The fourth-order valence-electron chi connectivity index (χ4n) is 1.64. The highest BCUT2D eigenvalue weighted by molar-refractivity contribution is 5.85. The summed E-state index contributed by atoms with van der Waals surface area (Å²) in [6.45, 7) is 2.38. The molecule has 0 aromatic heterocycles. The van der Waals surface area contributed by atoms with Crippen molar-refractivity contribution in [3.8, 4) is 18.1 Å². The van der Waals surface area contributed by atoms with Crippen LogP contribution in [0, 0.1) is 12.3 Å². The lowest BCUT2D eigenvalue weighted by Crippen LogP contribution is -2.14. The van der Waals surface area contributed by atoms with Crippen molar-refractivity contribution in [1.29, 1.82) is 0 Å². The fourth-order valence-corrected chi connectivity index (χ4v) is 1.64. The van der Waals surface area contributed by atoms with E-state index in [4.69, 9.17) is 16.3 Å². The zero-order valence-corrected chi connectivity index (χ0v) is 11.9. The summed E-state index contributed by atoms with van der Waals surface area (Å²) in [5.41, 5.74) is 1.19. The first-order valence-electron chi connectivity index (χ1n) is 6.33. The van der Waals surface area contributed by atoms with Crippen molar-refractivity contribution in [1.82, 2.24) is 5.32 Å². The molecular weight excluding hydrogens is 262 g/mol. The van der Waals surface area contributed by atoms with Gasteiger partial charge in [-0.2, -0.15) is 0 Å². The van der Waals surface area contributed by atoms with Crippen molar-refractivity contribution < 1.29 is 9.84 Å². The summed E-state index contributed by atoms with van der Waals surface area (Å²) >= 11 is 0. The average molecular weight is 284 g/mol. The Hall–Kier alpha value is -1.21. The molecule has 0 saturated heterocycles. The Morgan fingerprint density at radius 2 is 2.11 bits per heavy atom. The van der Waals surface area contributed by atoms with Gasteiger partial charge in [-0.25, -0.2) is 0 Å². The predicted octanol–water partition coefficient (Wildman–Crippen LogP) is 2.37. The van der Waals surface area contributed by atoms with Crippen LogP contribution in [0.2, 0.25) is 0 Å². The van der Waals surface area contributed by atoms with Crippen molar-refractivity contribution >= 4 is 12.4 Å². The van der Waals surface area contributed by atoms with Crippen LogP contribution in [-0.4, -0.2) is 24.9 Å². The number of hydrogen-bond acceptors (Lipinski definition) is 3. The van der Waals surface area contributed by atoms with E-state index in [1.54, 1.807) is 0 Å². The van der Waals surface area contributed by atoms with E-state index in [2.05, 4.69) is 17.3 Å². The van der Waals surface area contributed by atoms with Crippen LogP contribution in [0.15, 0.2) is 24.3 Å². The molecule has 0 saturated carbocycles. The normalized spacial score (nSPS) is 9.47. The van der Waals surface area contributed by atoms with Crippen molar-refractivity contribution in [2.75, 3.05) is 19.8 Å². The summed E-state index contributed by atoms with van der Waals surface area (Å²) in [6.07, 6.45) is 8.19. The molecule has 19 heavy (non-hydrogen) atoms. The van der Waals surface area contributed by atoms with E-state index in [1.165, 1.54) is 5.56 Å². The third-order valence-corrected chi connectivity index (χ3v) is 2.56. The van der Waals surface area contributed by atoms with Gasteiger partial charge in [-0.3, -0.25) is 0 Å². The Balaban J connectivity index is 0.00000324. The molecule has 0 radical (unpaired) electrons. The molecule has 106 valence electrons. The molecule has 0 heterocycles. The SMILES string of the molecule is C#CCOc1cccc(CNCCCCCO)c1.Cl. The first kappa shape index (κ1) is 17.8. The molecule has 1 rings (SSSR count). The topological polar surface area (TPSA) is 41.5 Å². The maximum Gasteiger partial charge on any atom is 0.148 e. The second-order valence-corrected chi connectivity index (χ2v) is 4.10. The predicted molar refractivity (Wildman–Crippen MR) is 80.7 cm³/mol. The van der Waals surface area contributed by atoms with Crippen molar-refractivity contribution in [3.05, 3.63) is 29.8 Å². The molecule has 0 aliphatic rings.